The Morgan fingerprint density at radius 1 is 1.33 bits per heavy atom. The maximum Gasteiger partial charge on any atom is 0.273 e. The molecule has 3 rings (SSSR count). The maximum atomic E-state index is 12.8. The second-order valence-corrected chi connectivity index (χ2v) is 7.68. The lowest BCUT2D eigenvalue weighted by atomic mass is 10.3. The molecule has 7 heteroatoms. The van der Waals surface area contributed by atoms with Crippen LogP contribution < -0.4 is 9.04 Å². The fourth-order valence-electron chi connectivity index (χ4n) is 2.23. The Kier molecular flexibility index (Phi) is 3.88. The van der Waals surface area contributed by atoms with E-state index in [1.54, 1.807) is 23.6 Å². The third kappa shape index (κ3) is 2.64. The maximum absolute atomic E-state index is 12.8. The van der Waals surface area contributed by atoms with E-state index in [1.807, 2.05) is 6.07 Å². The third-order valence-electron chi connectivity index (χ3n) is 3.25. The zero-order chi connectivity index (χ0) is 14.9. The molecule has 0 saturated carbocycles. The average molecular weight is 325 g/mol. The summed E-state index contributed by atoms with van der Waals surface area (Å²) in [6, 6.07) is 8.66. The fraction of sp³-hybridized carbons (Fsp3) is 0.286. The van der Waals surface area contributed by atoms with Crippen molar-refractivity contribution in [2.75, 3.05) is 17.5 Å². The van der Waals surface area contributed by atoms with E-state index in [-0.39, 0.29) is 10.8 Å². The lowest BCUT2D eigenvalue weighted by molar-refractivity contribution is 0.282. The zero-order valence-electron chi connectivity index (χ0n) is 11.2. The van der Waals surface area contributed by atoms with Crippen molar-refractivity contribution < 1.29 is 18.3 Å². The normalized spacial score (nSPS) is 15.2. The minimum absolute atomic E-state index is 0.161. The molecular weight excluding hydrogens is 310 g/mol. The molecule has 0 bridgehead atoms. The molecule has 2 heterocycles. The van der Waals surface area contributed by atoms with Crippen molar-refractivity contribution in [3.05, 3.63) is 41.3 Å². The van der Waals surface area contributed by atoms with Gasteiger partial charge in [-0.3, -0.25) is 4.31 Å². The number of sulfonamides is 1. The van der Waals surface area contributed by atoms with Gasteiger partial charge in [0.1, 0.15) is 9.96 Å². The minimum atomic E-state index is -3.63. The van der Waals surface area contributed by atoms with Gasteiger partial charge < -0.3 is 9.84 Å². The first-order valence-electron chi connectivity index (χ1n) is 6.56. The first kappa shape index (κ1) is 14.4. The van der Waals surface area contributed by atoms with Gasteiger partial charge >= 0.3 is 0 Å². The van der Waals surface area contributed by atoms with Crippen LogP contribution in [0.2, 0.25) is 0 Å². The monoisotopic (exact) mass is 325 g/mol. The van der Waals surface area contributed by atoms with Crippen molar-refractivity contribution in [1.29, 1.82) is 0 Å². The van der Waals surface area contributed by atoms with Gasteiger partial charge in [-0.2, -0.15) is 0 Å². The Hall–Kier alpha value is -1.57. The number of ether oxygens (including phenoxy) is 1. The predicted molar refractivity (Wildman–Crippen MR) is 81.3 cm³/mol. The molecule has 1 aliphatic heterocycles. The van der Waals surface area contributed by atoms with Gasteiger partial charge in [-0.05, 0) is 29.1 Å². The number of thiophene rings is 1. The molecule has 21 heavy (non-hydrogen) atoms. The van der Waals surface area contributed by atoms with E-state index in [0.717, 1.165) is 11.3 Å². The van der Waals surface area contributed by atoms with E-state index >= 15 is 0 Å². The Balaban J connectivity index is 2.06. The van der Waals surface area contributed by atoms with Gasteiger partial charge in [-0.15, -0.1) is 11.3 Å². The van der Waals surface area contributed by atoms with E-state index < -0.39 is 10.0 Å². The SMILES string of the molecule is O=S(=O)(c1cc(CO)cs1)N1CCCOc2ccccc21. The Morgan fingerprint density at radius 2 is 2.14 bits per heavy atom. The van der Waals surface area contributed by atoms with Gasteiger partial charge in [0.15, 0.2) is 0 Å². The summed E-state index contributed by atoms with van der Waals surface area (Å²) in [5.41, 5.74) is 1.17. The van der Waals surface area contributed by atoms with Crippen LogP contribution in [0.4, 0.5) is 5.69 Å². The number of aliphatic hydroxyl groups is 1. The lowest BCUT2D eigenvalue weighted by Gasteiger charge is -2.22. The second-order valence-electron chi connectivity index (χ2n) is 4.68. The van der Waals surface area contributed by atoms with Crippen molar-refractivity contribution in [3.8, 4) is 5.75 Å². The highest BCUT2D eigenvalue weighted by Crippen LogP contribution is 2.35. The fourth-order valence-corrected chi connectivity index (χ4v) is 5.05. The molecule has 0 amide bonds. The van der Waals surface area contributed by atoms with Crippen molar-refractivity contribution in [3.63, 3.8) is 0 Å². The molecule has 0 radical (unpaired) electrons. The van der Waals surface area contributed by atoms with Gasteiger partial charge in [-0.1, -0.05) is 12.1 Å². The molecule has 0 atom stereocenters. The summed E-state index contributed by atoms with van der Waals surface area (Å²) >= 11 is 1.13. The highest BCUT2D eigenvalue weighted by Gasteiger charge is 2.29. The van der Waals surface area contributed by atoms with Gasteiger partial charge in [0.2, 0.25) is 0 Å². The molecule has 0 aliphatic carbocycles. The number of benzene rings is 1. The molecule has 1 N–H and O–H groups in total. The summed E-state index contributed by atoms with van der Waals surface area (Å²) in [5.74, 6) is 0.581. The number of aliphatic hydroxyl groups excluding tert-OH is 1. The number of anilines is 1. The highest BCUT2D eigenvalue weighted by molar-refractivity contribution is 7.94. The molecule has 112 valence electrons. The second kappa shape index (κ2) is 5.67. The van der Waals surface area contributed by atoms with E-state index in [1.165, 1.54) is 10.4 Å². The van der Waals surface area contributed by atoms with Crippen LogP contribution in [0.5, 0.6) is 5.75 Å². The average Bonchev–Trinajstić information content (AvgIpc) is 2.87. The van der Waals surface area contributed by atoms with Crippen molar-refractivity contribution in [2.45, 2.75) is 17.2 Å². The van der Waals surface area contributed by atoms with Crippen LogP contribution in [0.25, 0.3) is 0 Å². The first-order chi connectivity index (χ1) is 10.1. The van der Waals surface area contributed by atoms with E-state index in [0.29, 0.717) is 36.6 Å². The van der Waals surface area contributed by atoms with Gasteiger partial charge in [-0.25, -0.2) is 8.42 Å². The quantitative estimate of drug-likeness (QED) is 0.939. The van der Waals surface area contributed by atoms with Crippen molar-refractivity contribution in [1.82, 2.24) is 0 Å². The minimum Gasteiger partial charge on any atom is -0.491 e. The highest BCUT2D eigenvalue weighted by atomic mass is 32.2. The van der Waals surface area contributed by atoms with E-state index in [2.05, 4.69) is 0 Å². The summed E-state index contributed by atoms with van der Waals surface area (Å²) < 4.78 is 32.9. The van der Waals surface area contributed by atoms with Crippen LogP contribution in [0.3, 0.4) is 0 Å². The lowest BCUT2D eigenvalue weighted by Crippen LogP contribution is -2.31. The predicted octanol–water partition coefficient (Wildman–Crippen LogP) is 2.22. The molecule has 0 spiro atoms. The third-order valence-corrected chi connectivity index (χ3v) is 6.53. The van der Waals surface area contributed by atoms with Crippen LogP contribution in [0.1, 0.15) is 12.0 Å². The number of para-hydroxylation sites is 2. The molecule has 1 aromatic heterocycles. The van der Waals surface area contributed by atoms with Crippen LogP contribution >= 0.6 is 11.3 Å². The van der Waals surface area contributed by atoms with Gasteiger partial charge in [0, 0.05) is 13.0 Å². The number of rotatable bonds is 3. The molecule has 0 saturated heterocycles. The number of nitrogens with zero attached hydrogens (tertiary/aromatic N) is 1. The smallest absolute Gasteiger partial charge is 0.273 e. The standard InChI is InChI=1S/C14H15NO4S2/c16-9-11-8-14(20-10-11)21(17,18)15-6-3-7-19-13-5-2-1-4-12(13)15/h1-2,4-5,8,10,16H,3,6-7,9H2. The largest absolute Gasteiger partial charge is 0.491 e. The topological polar surface area (TPSA) is 66.8 Å². The number of hydrogen-bond donors (Lipinski definition) is 1. The summed E-state index contributed by atoms with van der Waals surface area (Å²) in [5, 5.41) is 10.8. The molecular formula is C14H15NO4S2. The number of hydrogen-bond acceptors (Lipinski definition) is 5. The van der Waals surface area contributed by atoms with E-state index in [9.17, 15) is 8.42 Å². The zero-order valence-corrected chi connectivity index (χ0v) is 12.9. The van der Waals surface area contributed by atoms with E-state index in [4.69, 9.17) is 9.84 Å². The first-order valence-corrected chi connectivity index (χ1v) is 8.88. The Bertz CT molecular complexity index is 739. The van der Waals surface area contributed by atoms with Crippen molar-refractivity contribution >= 4 is 27.0 Å². The van der Waals surface area contributed by atoms with Crippen molar-refractivity contribution in [2.24, 2.45) is 0 Å². The van der Waals surface area contributed by atoms with Crippen LogP contribution in [0.15, 0.2) is 39.9 Å². The van der Waals surface area contributed by atoms with Crippen LogP contribution in [-0.2, 0) is 16.6 Å². The number of fused-ring (bicyclic) bond motifs is 1. The Morgan fingerprint density at radius 3 is 2.90 bits per heavy atom. The molecule has 2 aromatic rings. The van der Waals surface area contributed by atoms with Gasteiger partial charge in [0.25, 0.3) is 10.0 Å². The molecule has 0 unspecified atom stereocenters. The molecule has 1 aromatic carbocycles. The summed E-state index contributed by atoms with van der Waals surface area (Å²) in [6.07, 6.45) is 0.631. The van der Waals surface area contributed by atoms with Crippen LogP contribution in [0, 0.1) is 0 Å². The molecule has 5 nitrogen and oxygen atoms in total. The Labute approximate surface area is 127 Å². The van der Waals surface area contributed by atoms with Gasteiger partial charge in [0.05, 0.1) is 18.9 Å². The summed E-state index contributed by atoms with van der Waals surface area (Å²) in [4.78, 5) is 0. The molecule has 1 aliphatic rings. The summed E-state index contributed by atoms with van der Waals surface area (Å²) in [7, 11) is -3.63. The van der Waals surface area contributed by atoms with Crippen LogP contribution in [-0.4, -0.2) is 26.7 Å². The summed E-state index contributed by atoms with van der Waals surface area (Å²) in [6.45, 7) is 0.715. The molecule has 0 fully saturated rings.